The minimum Gasteiger partial charge on any atom is -0.367 e. The molecular formula is C22H27N7. The summed E-state index contributed by atoms with van der Waals surface area (Å²) in [5.74, 6) is 2.93. The third-order valence-electron chi connectivity index (χ3n) is 4.90. The number of aromatic amines is 1. The zero-order chi connectivity index (χ0) is 20.1. The Labute approximate surface area is 171 Å². The molecule has 0 aliphatic carbocycles. The van der Waals surface area contributed by atoms with Gasteiger partial charge in [-0.15, -0.1) is 0 Å². The first-order valence-electron chi connectivity index (χ1n) is 10.0. The van der Waals surface area contributed by atoms with Gasteiger partial charge in [0, 0.05) is 23.9 Å². The highest BCUT2D eigenvalue weighted by Crippen LogP contribution is 2.20. The maximum absolute atomic E-state index is 4.71. The number of aromatic nitrogens is 4. The van der Waals surface area contributed by atoms with Crippen molar-refractivity contribution in [2.45, 2.75) is 32.7 Å². The molecule has 7 nitrogen and oxygen atoms in total. The van der Waals surface area contributed by atoms with Crippen molar-refractivity contribution in [1.29, 1.82) is 0 Å². The van der Waals surface area contributed by atoms with Crippen LogP contribution in [0.5, 0.6) is 0 Å². The van der Waals surface area contributed by atoms with Crippen LogP contribution < -0.4 is 16.0 Å². The van der Waals surface area contributed by atoms with Gasteiger partial charge in [0.25, 0.3) is 0 Å². The predicted octanol–water partition coefficient (Wildman–Crippen LogP) is 3.89. The second-order valence-corrected chi connectivity index (χ2v) is 7.47. The molecule has 1 saturated heterocycles. The molecule has 1 aromatic carbocycles. The number of aryl methyl sites for hydroxylation is 2. The van der Waals surface area contributed by atoms with E-state index in [1.807, 2.05) is 31.2 Å². The normalized spacial score (nSPS) is 15.0. The molecule has 0 bridgehead atoms. The lowest BCUT2D eigenvalue weighted by Crippen LogP contribution is -2.35. The molecule has 7 heteroatoms. The molecule has 29 heavy (non-hydrogen) atoms. The highest BCUT2D eigenvalue weighted by Gasteiger charge is 2.14. The number of H-pyrrole nitrogens is 1. The molecule has 0 radical (unpaired) electrons. The van der Waals surface area contributed by atoms with E-state index in [1.54, 1.807) is 0 Å². The summed E-state index contributed by atoms with van der Waals surface area (Å²) in [6.45, 7) is 6.11. The molecule has 0 amide bonds. The second-order valence-electron chi connectivity index (χ2n) is 7.47. The fourth-order valence-electron chi connectivity index (χ4n) is 3.32. The Balaban J connectivity index is 1.58. The first-order chi connectivity index (χ1) is 14.1. The van der Waals surface area contributed by atoms with Gasteiger partial charge in [0.2, 0.25) is 0 Å². The predicted molar refractivity (Wildman–Crippen MR) is 118 cm³/mol. The van der Waals surface area contributed by atoms with E-state index in [0.717, 1.165) is 48.8 Å². The van der Waals surface area contributed by atoms with E-state index in [9.17, 15) is 0 Å². The number of hydrogen-bond donors (Lipinski definition) is 4. The molecular weight excluding hydrogens is 362 g/mol. The zero-order valence-corrected chi connectivity index (χ0v) is 16.9. The van der Waals surface area contributed by atoms with Gasteiger partial charge >= 0.3 is 0 Å². The van der Waals surface area contributed by atoms with E-state index in [4.69, 9.17) is 4.98 Å². The quantitative estimate of drug-likeness (QED) is 0.511. The summed E-state index contributed by atoms with van der Waals surface area (Å²) in [6, 6.07) is 12.7. The number of piperidine rings is 1. The minimum atomic E-state index is 0.417. The summed E-state index contributed by atoms with van der Waals surface area (Å²) in [7, 11) is 0. The standard InChI is InChI=1S/C22H27N7/c1-15-3-5-17(6-4-15)7-8-19-25-20(24-18-9-11-23-12-10-18)14-21(26-19)27-22-13-16(2)28-29-22/h3-8,13-14,18,23H,9-12H2,1-2H3,(H3,24,25,26,27,28,29). The van der Waals surface area contributed by atoms with Crippen LogP contribution in [0.25, 0.3) is 12.2 Å². The third-order valence-corrected chi connectivity index (χ3v) is 4.90. The molecule has 1 aliphatic heterocycles. The summed E-state index contributed by atoms with van der Waals surface area (Å²) in [5, 5.41) is 17.4. The summed E-state index contributed by atoms with van der Waals surface area (Å²) in [5.41, 5.74) is 3.36. The lowest BCUT2D eigenvalue weighted by atomic mass is 10.1. The highest BCUT2D eigenvalue weighted by atomic mass is 15.2. The Morgan fingerprint density at radius 3 is 2.41 bits per heavy atom. The number of hydrogen-bond acceptors (Lipinski definition) is 6. The molecule has 3 aromatic rings. The van der Waals surface area contributed by atoms with Gasteiger partial charge in [-0.2, -0.15) is 5.10 Å². The van der Waals surface area contributed by atoms with E-state index in [-0.39, 0.29) is 0 Å². The van der Waals surface area contributed by atoms with Gasteiger partial charge in [0.15, 0.2) is 11.6 Å². The molecule has 2 aromatic heterocycles. The van der Waals surface area contributed by atoms with Gasteiger partial charge in [-0.05, 0) is 51.4 Å². The zero-order valence-electron chi connectivity index (χ0n) is 16.9. The fraction of sp³-hybridized carbons (Fsp3) is 0.318. The monoisotopic (exact) mass is 389 g/mol. The highest BCUT2D eigenvalue weighted by molar-refractivity contribution is 5.69. The molecule has 150 valence electrons. The van der Waals surface area contributed by atoms with Crippen molar-refractivity contribution < 1.29 is 0 Å². The molecule has 1 fully saturated rings. The average molecular weight is 390 g/mol. The van der Waals surface area contributed by atoms with Crippen molar-refractivity contribution in [3.05, 3.63) is 59.0 Å². The largest absolute Gasteiger partial charge is 0.367 e. The number of nitrogens with zero attached hydrogens (tertiary/aromatic N) is 3. The Bertz CT molecular complexity index is 969. The van der Waals surface area contributed by atoms with Crippen LogP contribution in [0, 0.1) is 13.8 Å². The summed E-state index contributed by atoms with van der Waals surface area (Å²) in [6.07, 6.45) is 6.14. The molecule has 0 saturated carbocycles. The topological polar surface area (TPSA) is 90.5 Å². The number of benzene rings is 1. The number of anilines is 3. The van der Waals surface area contributed by atoms with Gasteiger partial charge < -0.3 is 16.0 Å². The maximum Gasteiger partial charge on any atom is 0.156 e. The minimum absolute atomic E-state index is 0.417. The van der Waals surface area contributed by atoms with Crippen molar-refractivity contribution in [3.8, 4) is 0 Å². The summed E-state index contributed by atoms with van der Waals surface area (Å²) < 4.78 is 0. The molecule has 0 atom stereocenters. The number of rotatable bonds is 6. The molecule has 4 rings (SSSR count). The lowest BCUT2D eigenvalue weighted by molar-refractivity contribution is 0.478. The summed E-state index contributed by atoms with van der Waals surface area (Å²) in [4.78, 5) is 9.36. The van der Waals surface area contributed by atoms with E-state index >= 15 is 0 Å². The molecule has 1 aliphatic rings. The van der Waals surface area contributed by atoms with Crippen molar-refractivity contribution in [3.63, 3.8) is 0 Å². The smallest absolute Gasteiger partial charge is 0.156 e. The molecule has 0 unspecified atom stereocenters. The van der Waals surface area contributed by atoms with Crippen LogP contribution in [-0.4, -0.2) is 39.3 Å². The van der Waals surface area contributed by atoms with Crippen LogP contribution >= 0.6 is 0 Å². The maximum atomic E-state index is 4.71. The lowest BCUT2D eigenvalue weighted by Gasteiger charge is -2.24. The van der Waals surface area contributed by atoms with Gasteiger partial charge in [-0.1, -0.05) is 35.9 Å². The van der Waals surface area contributed by atoms with Crippen LogP contribution in [0.3, 0.4) is 0 Å². The van der Waals surface area contributed by atoms with Crippen LogP contribution in [0.1, 0.15) is 35.5 Å². The van der Waals surface area contributed by atoms with Gasteiger partial charge in [-0.3, -0.25) is 5.10 Å². The van der Waals surface area contributed by atoms with Crippen molar-refractivity contribution >= 4 is 29.6 Å². The Morgan fingerprint density at radius 1 is 0.931 bits per heavy atom. The Morgan fingerprint density at radius 2 is 1.69 bits per heavy atom. The van der Waals surface area contributed by atoms with E-state index < -0.39 is 0 Å². The van der Waals surface area contributed by atoms with Crippen LogP contribution in [0.15, 0.2) is 36.4 Å². The van der Waals surface area contributed by atoms with Crippen molar-refractivity contribution in [2.24, 2.45) is 0 Å². The molecule has 4 N–H and O–H groups in total. The fourth-order valence-corrected chi connectivity index (χ4v) is 3.32. The summed E-state index contributed by atoms with van der Waals surface area (Å²) >= 11 is 0. The third kappa shape index (κ3) is 5.42. The van der Waals surface area contributed by atoms with Crippen LogP contribution in [0.4, 0.5) is 17.5 Å². The second kappa shape index (κ2) is 8.87. The first kappa shape index (κ1) is 19.1. The van der Waals surface area contributed by atoms with Crippen LogP contribution in [-0.2, 0) is 0 Å². The Kier molecular flexibility index (Phi) is 5.86. The molecule has 0 spiro atoms. The molecule has 3 heterocycles. The Hall–Kier alpha value is -3.19. The van der Waals surface area contributed by atoms with E-state index in [0.29, 0.717) is 17.7 Å². The SMILES string of the molecule is Cc1ccc(C=Cc2nc(Nc3cc(C)[nH]n3)cc(NC3CCNCC3)n2)cc1. The van der Waals surface area contributed by atoms with Gasteiger partial charge in [0.1, 0.15) is 11.6 Å². The average Bonchev–Trinajstić information content (AvgIpc) is 3.13. The van der Waals surface area contributed by atoms with Crippen molar-refractivity contribution in [1.82, 2.24) is 25.5 Å². The number of nitrogens with one attached hydrogen (secondary N) is 4. The van der Waals surface area contributed by atoms with Crippen molar-refractivity contribution in [2.75, 3.05) is 23.7 Å². The van der Waals surface area contributed by atoms with E-state index in [2.05, 4.69) is 62.3 Å². The van der Waals surface area contributed by atoms with Gasteiger partial charge in [-0.25, -0.2) is 9.97 Å². The first-order valence-corrected chi connectivity index (χ1v) is 10.0. The van der Waals surface area contributed by atoms with Gasteiger partial charge in [0.05, 0.1) is 0 Å². The van der Waals surface area contributed by atoms with Crippen LogP contribution in [0.2, 0.25) is 0 Å². The van der Waals surface area contributed by atoms with E-state index in [1.165, 1.54) is 5.56 Å².